The van der Waals surface area contributed by atoms with Crippen LogP contribution in [0.4, 0.5) is 10.1 Å². The van der Waals surface area contributed by atoms with Crippen molar-refractivity contribution in [3.63, 3.8) is 0 Å². The molecule has 30 heavy (non-hydrogen) atoms. The van der Waals surface area contributed by atoms with Gasteiger partial charge >= 0.3 is 13.5 Å². The number of phosphoric acid groups is 1. The van der Waals surface area contributed by atoms with Crippen LogP contribution >= 0.6 is 7.82 Å². The highest BCUT2D eigenvalue weighted by molar-refractivity contribution is 7.46. The highest BCUT2D eigenvalue weighted by atomic mass is 31.2. The third-order valence-electron chi connectivity index (χ3n) is 4.33. The number of nitrogens with zero attached hydrogens (tertiary/aromatic N) is 2. The molecule has 4 atom stereocenters. The Morgan fingerprint density at radius 1 is 1.30 bits per heavy atom. The van der Waals surface area contributed by atoms with Crippen LogP contribution in [0.25, 0.3) is 11.1 Å². The number of para-hydroxylation sites is 1. The van der Waals surface area contributed by atoms with Crippen molar-refractivity contribution in [1.82, 2.24) is 9.55 Å². The molecule has 2 aromatic rings. The summed E-state index contributed by atoms with van der Waals surface area (Å²) >= 11 is 0. The van der Waals surface area contributed by atoms with E-state index in [1.807, 2.05) is 4.98 Å². The molecule has 0 amide bonds. The average molecular weight is 447 g/mol. The van der Waals surface area contributed by atoms with Crippen molar-refractivity contribution in [3.8, 4) is 11.1 Å². The van der Waals surface area contributed by atoms with Crippen LogP contribution in [0.3, 0.4) is 0 Å². The maximum Gasteiger partial charge on any atom is 0.469 e. The maximum absolute atomic E-state index is 14.6. The zero-order chi connectivity index (χ0) is 22.2. The Kier molecular flexibility index (Phi) is 5.99. The van der Waals surface area contributed by atoms with E-state index < -0.39 is 60.9 Å². The molecular weight excluding hydrogens is 432 g/mol. The normalized spacial score (nSPS) is 24.1. The number of phosphoric ester groups is 1. The Balaban J connectivity index is 2.01. The average Bonchev–Trinajstić information content (AvgIpc) is 2.94. The molecule has 0 bridgehead atoms. The van der Waals surface area contributed by atoms with Crippen molar-refractivity contribution < 1.29 is 38.0 Å². The molecule has 15 heteroatoms. The minimum absolute atomic E-state index is 0.146. The van der Waals surface area contributed by atoms with Crippen molar-refractivity contribution in [2.75, 3.05) is 6.61 Å². The van der Waals surface area contributed by atoms with E-state index in [9.17, 15) is 33.8 Å². The fourth-order valence-electron chi connectivity index (χ4n) is 2.96. The van der Waals surface area contributed by atoms with Gasteiger partial charge in [-0.2, -0.15) is 0 Å². The van der Waals surface area contributed by atoms with Gasteiger partial charge in [0.25, 0.3) is 11.2 Å². The van der Waals surface area contributed by atoms with Gasteiger partial charge in [-0.1, -0.05) is 12.1 Å². The number of halogens is 1. The number of aromatic nitrogens is 2. The first kappa shape index (κ1) is 22.0. The van der Waals surface area contributed by atoms with Crippen molar-refractivity contribution in [2.45, 2.75) is 24.6 Å². The van der Waals surface area contributed by atoms with Gasteiger partial charge in [0.05, 0.1) is 22.7 Å². The number of aliphatic hydroxyl groups excluding tert-OH is 1. The number of ether oxygens (including phenoxy) is 1. The number of aliphatic hydroxyl groups is 1. The van der Waals surface area contributed by atoms with E-state index in [1.54, 1.807) is 0 Å². The van der Waals surface area contributed by atoms with Crippen molar-refractivity contribution >= 4 is 13.5 Å². The Bertz CT molecular complexity index is 1130. The second-order valence-electron chi connectivity index (χ2n) is 6.27. The van der Waals surface area contributed by atoms with E-state index in [4.69, 9.17) is 14.5 Å². The molecule has 1 fully saturated rings. The summed E-state index contributed by atoms with van der Waals surface area (Å²) in [6, 6.07) is 5.17. The van der Waals surface area contributed by atoms with Gasteiger partial charge in [0.15, 0.2) is 12.4 Å². The van der Waals surface area contributed by atoms with Gasteiger partial charge in [0, 0.05) is 12.3 Å². The lowest BCUT2D eigenvalue weighted by Crippen LogP contribution is -2.36. The van der Waals surface area contributed by atoms with E-state index >= 15 is 0 Å². The summed E-state index contributed by atoms with van der Waals surface area (Å²) in [6.07, 6.45) is -6.63. The van der Waals surface area contributed by atoms with E-state index in [1.165, 1.54) is 18.2 Å². The quantitative estimate of drug-likeness (QED) is 0.262. The lowest BCUT2D eigenvalue weighted by molar-refractivity contribution is -0.384. The number of hydrogen-bond acceptors (Lipinski definition) is 8. The minimum Gasteiger partial charge on any atom is -0.387 e. The number of H-pyrrole nitrogens is 1. The molecule has 0 unspecified atom stereocenters. The molecule has 3 rings (SSSR count). The fourth-order valence-corrected chi connectivity index (χ4v) is 3.30. The van der Waals surface area contributed by atoms with Crippen LogP contribution in [0.15, 0.2) is 40.1 Å². The highest BCUT2D eigenvalue weighted by Crippen LogP contribution is 2.39. The molecule has 1 aliphatic rings. The monoisotopic (exact) mass is 447 g/mol. The highest BCUT2D eigenvalue weighted by Gasteiger charge is 2.46. The summed E-state index contributed by atoms with van der Waals surface area (Å²) in [5, 5.41) is 21.2. The summed E-state index contributed by atoms with van der Waals surface area (Å²) < 4.78 is 35.3. The maximum atomic E-state index is 14.6. The first-order valence-electron chi connectivity index (χ1n) is 8.26. The minimum atomic E-state index is -4.93. The third kappa shape index (κ3) is 4.38. The van der Waals surface area contributed by atoms with Crippen LogP contribution in [0.5, 0.6) is 0 Å². The summed E-state index contributed by atoms with van der Waals surface area (Å²) in [7, 11) is -4.93. The molecule has 1 saturated heterocycles. The van der Waals surface area contributed by atoms with Gasteiger partial charge in [-0.25, -0.2) is 13.8 Å². The molecule has 1 aliphatic heterocycles. The first-order chi connectivity index (χ1) is 14.0. The molecule has 1 aromatic carbocycles. The predicted octanol–water partition coefficient (Wildman–Crippen LogP) is -0.182. The van der Waals surface area contributed by atoms with E-state index in [-0.39, 0.29) is 11.1 Å². The summed E-state index contributed by atoms with van der Waals surface area (Å²) in [5.41, 5.74) is -3.01. The Labute approximate surface area is 165 Å². The number of rotatable bonds is 6. The van der Waals surface area contributed by atoms with Crippen LogP contribution in [0.2, 0.25) is 0 Å². The molecule has 0 radical (unpaired) electrons. The summed E-state index contributed by atoms with van der Waals surface area (Å²) in [6.45, 7) is -0.877. The molecule has 2 heterocycles. The standard InChI is InChI=1S/C15H15FN3O10P/c16-11-12(20)10(6-28-30(25,26)27)29-14(11)18-5-8(13(21)17-15(18)22)7-3-1-2-4-9(7)19(23)24/h1-5,10-12,14,20H,6H2,(H,17,21,22)(H2,25,26,27)/t10-,11+,12-,14-/m1/s1. The molecule has 0 aliphatic carbocycles. The molecule has 162 valence electrons. The lowest BCUT2D eigenvalue weighted by Gasteiger charge is -2.17. The topological polar surface area (TPSA) is 194 Å². The van der Waals surface area contributed by atoms with Gasteiger partial charge in [-0.15, -0.1) is 0 Å². The Hall–Kier alpha value is -2.74. The number of alkyl halides is 1. The molecule has 0 spiro atoms. The number of aromatic amines is 1. The van der Waals surface area contributed by atoms with Crippen LogP contribution < -0.4 is 11.2 Å². The number of benzene rings is 1. The van der Waals surface area contributed by atoms with Crippen molar-refractivity contribution in [2.24, 2.45) is 0 Å². The van der Waals surface area contributed by atoms with Crippen LogP contribution in [-0.4, -0.2) is 54.4 Å². The smallest absolute Gasteiger partial charge is 0.387 e. The van der Waals surface area contributed by atoms with Crippen LogP contribution in [-0.2, 0) is 13.8 Å². The fraction of sp³-hybridized carbons (Fsp3) is 0.333. The summed E-state index contributed by atoms with van der Waals surface area (Å²) in [5.74, 6) is 0. The molecule has 0 saturated carbocycles. The van der Waals surface area contributed by atoms with Crippen LogP contribution in [0, 0.1) is 10.1 Å². The number of nitrogens with one attached hydrogen (secondary N) is 1. The predicted molar refractivity (Wildman–Crippen MR) is 96.2 cm³/mol. The van der Waals surface area contributed by atoms with Gasteiger partial charge < -0.3 is 19.6 Å². The third-order valence-corrected chi connectivity index (χ3v) is 4.82. The Morgan fingerprint density at radius 3 is 2.60 bits per heavy atom. The van der Waals surface area contributed by atoms with Gasteiger partial charge in [0.1, 0.15) is 12.2 Å². The Morgan fingerprint density at radius 2 is 1.97 bits per heavy atom. The second-order valence-corrected chi connectivity index (χ2v) is 7.51. The van der Waals surface area contributed by atoms with Crippen LogP contribution in [0.1, 0.15) is 6.23 Å². The zero-order valence-corrected chi connectivity index (χ0v) is 15.7. The lowest BCUT2D eigenvalue weighted by atomic mass is 10.1. The number of hydrogen-bond donors (Lipinski definition) is 4. The molecule has 13 nitrogen and oxygen atoms in total. The van der Waals surface area contributed by atoms with E-state index in [0.29, 0.717) is 4.57 Å². The van der Waals surface area contributed by atoms with Gasteiger partial charge in [0.2, 0.25) is 0 Å². The van der Waals surface area contributed by atoms with Gasteiger partial charge in [-0.3, -0.25) is 29.0 Å². The molecule has 4 N–H and O–H groups in total. The zero-order valence-electron chi connectivity index (χ0n) is 14.8. The second kappa shape index (κ2) is 8.18. The van der Waals surface area contributed by atoms with E-state index in [2.05, 4.69) is 4.52 Å². The largest absolute Gasteiger partial charge is 0.469 e. The number of nitro groups is 1. The summed E-state index contributed by atoms with van der Waals surface area (Å²) in [4.78, 5) is 54.3. The molecular formula is C15H15FN3O10P. The van der Waals surface area contributed by atoms with Crippen molar-refractivity contribution in [3.05, 3.63) is 61.4 Å². The van der Waals surface area contributed by atoms with Crippen molar-refractivity contribution in [1.29, 1.82) is 0 Å². The molecule has 1 aromatic heterocycles. The first-order valence-corrected chi connectivity index (χ1v) is 9.79. The number of nitro benzene ring substituents is 1. The van der Waals surface area contributed by atoms with Gasteiger partial charge in [-0.05, 0) is 6.07 Å². The SMILES string of the molecule is O=c1[nH]c(=O)n([C@@H]2O[C@H](COP(=O)(O)O)[C@@H](O)[C@@H]2F)cc1-c1ccccc1[N+](=O)[O-]. The van der Waals surface area contributed by atoms with E-state index in [0.717, 1.165) is 12.3 Å².